The highest BCUT2D eigenvalue weighted by Gasteiger charge is 2.24. The molecular weight excluding hydrogens is 372 g/mol. The number of para-hydroxylation sites is 1. The number of ether oxygens (including phenoxy) is 1. The van der Waals surface area contributed by atoms with E-state index in [1.54, 1.807) is 24.3 Å². The average Bonchev–Trinajstić information content (AvgIpc) is 2.75. The topological polar surface area (TPSA) is 86.8 Å². The van der Waals surface area contributed by atoms with Gasteiger partial charge in [0.1, 0.15) is 19.1 Å². The van der Waals surface area contributed by atoms with Gasteiger partial charge in [0.15, 0.2) is 0 Å². The zero-order chi connectivity index (χ0) is 20.8. The molecule has 1 aromatic heterocycles. The molecule has 158 valence electrons. The lowest BCUT2D eigenvalue weighted by molar-refractivity contribution is -0.906. The second kappa shape index (κ2) is 9.84. The molecule has 1 aliphatic heterocycles. The van der Waals surface area contributed by atoms with Crippen LogP contribution < -0.4 is 21.5 Å². The standard InChI is InChI=1S/C21H30N4O4/c1-3-10-24-20(27)16-7-5-6-8-18(16)25(21(24)28)17(4-2)19(26)22-9-11-23-12-14-29-15-13-23/h5-8,17H,3-4,9-15H2,1-2H3,(H,22,26)/p+1/t17-/m1/s1. The third-order valence-electron chi connectivity index (χ3n) is 5.50. The number of amides is 1. The minimum atomic E-state index is -0.657. The Morgan fingerprint density at radius 1 is 1.21 bits per heavy atom. The number of quaternary nitrogens is 1. The van der Waals surface area contributed by atoms with Crippen molar-refractivity contribution in [3.8, 4) is 0 Å². The number of carbonyl (C=O) groups excluding carboxylic acids is 1. The van der Waals surface area contributed by atoms with Crippen LogP contribution in [0.25, 0.3) is 10.9 Å². The van der Waals surface area contributed by atoms with Gasteiger partial charge in [-0.05, 0) is 25.0 Å². The Balaban J connectivity index is 1.88. The van der Waals surface area contributed by atoms with E-state index in [9.17, 15) is 14.4 Å². The number of morpholine rings is 1. The summed E-state index contributed by atoms with van der Waals surface area (Å²) in [4.78, 5) is 40.3. The highest BCUT2D eigenvalue weighted by atomic mass is 16.5. The van der Waals surface area contributed by atoms with Crippen LogP contribution in [0.2, 0.25) is 0 Å². The summed E-state index contributed by atoms with van der Waals surface area (Å²) in [5.41, 5.74) is -0.207. The Kier molecular flexibility index (Phi) is 7.22. The Bertz CT molecular complexity index is 959. The summed E-state index contributed by atoms with van der Waals surface area (Å²) in [5.74, 6) is -0.186. The van der Waals surface area contributed by atoms with E-state index in [1.165, 1.54) is 14.0 Å². The molecule has 1 amide bonds. The Hall–Kier alpha value is -2.45. The number of fused-ring (bicyclic) bond motifs is 1. The number of aromatic nitrogens is 2. The third-order valence-corrected chi connectivity index (χ3v) is 5.50. The predicted molar refractivity (Wildman–Crippen MR) is 111 cm³/mol. The van der Waals surface area contributed by atoms with Gasteiger partial charge in [-0.1, -0.05) is 26.0 Å². The van der Waals surface area contributed by atoms with E-state index in [0.717, 1.165) is 32.8 Å². The van der Waals surface area contributed by atoms with Crippen molar-refractivity contribution in [3.05, 3.63) is 45.1 Å². The normalized spacial score (nSPS) is 16.1. The first-order valence-electron chi connectivity index (χ1n) is 10.5. The molecule has 0 spiro atoms. The van der Waals surface area contributed by atoms with Gasteiger partial charge in [-0.25, -0.2) is 4.79 Å². The first kappa shape index (κ1) is 21.3. The molecule has 8 nitrogen and oxygen atoms in total. The van der Waals surface area contributed by atoms with Crippen molar-refractivity contribution in [3.63, 3.8) is 0 Å². The van der Waals surface area contributed by atoms with Crippen LogP contribution in [0.1, 0.15) is 32.7 Å². The number of nitrogens with one attached hydrogen (secondary N) is 2. The molecule has 1 aromatic carbocycles. The minimum absolute atomic E-state index is 0.186. The smallest absolute Gasteiger partial charge is 0.332 e. The fourth-order valence-corrected chi connectivity index (χ4v) is 3.93. The van der Waals surface area contributed by atoms with Crippen LogP contribution in [0.15, 0.2) is 33.9 Å². The van der Waals surface area contributed by atoms with Gasteiger partial charge in [0.05, 0.1) is 37.2 Å². The largest absolute Gasteiger partial charge is 0.370 e. The summed E-state index contributed by atoms with van der Waals surface area (Å²) in [5, 5.41) is 3.45. The summed E-state index contributed by atoms with van der Waals surface area (Å²) >= 11 is 0. The van der Waals surface area contributed by atoms with E-state index in [-0.39, 0.29) is 11.5 Å². The number of nitrogens with zero attached hydrogens (tertiary/aromatic N) is 2. The number of hydrogen-bond acceptors (Lipinski definition) is 4. The number of benzene rings is 1. The summed E-state index contributed by atoms with van der Waals surface area (Å²) < 4.78 is 8.10. The van der Waals surface area contributed by atoms with Crippen LogP contribution in [0.5, 0.6) is 0 Å². The molecule has 2 N–H and O–H groups in total. The lowest BCUT2D eigenvalue weighted by Crippen LogP contribution is -3.14. The first-order chi connectivity index (χ1) is 14.1. The molecule has 1 fully saturated rings. The molecule has 3 rings (SSSR count). The van der Waals surface area contributed by atoms with Crippen molar-refractivity contribution >= 4 is 16.8 Å². The van der Waals surface area contributed by atoms with Gasteiger partial charge >= 0.3 is 5.69 Å². The highest BCUT2D eigenvalue weighted by Crippen LogP contribution is 2.16. The monoisotopic (exact) mass is 403 g/mol. The molecule has 0 radical (unpaired) electrons. The van der Waals surface area contributed by atoms with Crippen molar-refractivity contribution in [2.24, 2.45) is 0 Å². The number of hydrogen-bond donors (Lipinski definition) is 2. The van der Waals surface area contributed by atoms with Crippen LogP contribution in [-0.4, -0.2) is 54.4 Å². The Morgan fingerprint density at radius 2 is 1.93 bits per heavy atom. The molecule has 0 aliphatic carbocycles. The van der Waals surface area contributed by atoms with Crippen LogP contribution >= 0.6 is 0 Å². The van der Waals surface area contributed by atoms with Crippen molar-refractivity contribution in [1.29, 1.82) is 0 Å². The lowest BCUT2D eigenvalue weighted by atomic mass is 10.1. The zero-order valence-electron chi connectivity index (χ0n) is 17.3. The van der Waals surface area contributed by atoms with Crippen LogP contribution in [-0.2, 0) is 16.1 Å². The summed E-state index contributed by atoms with van der Waals surface area (Å²) in [7, 11) is 0. The maximum Gasteiger partial charge on any atom is 0.332 e. The van der Waals surface area contributed by atoms with Crippen molar-refractivity contribution in [2.75, 3.05) is 39.4 Å². The molecule has 1 saturated heterocycles. The maximum absolute atomic E-state index is 13.1. The van der Waals surface area contributed by atoms with E-state index in [1.807, 2.05) is 13.8 Å². The zero-order valence-corrected chi connectivity index (χ0v) is 17.3. The van der Waals surface area contributed by atoms with Crippen molar-refractivity contribution < 1.29 is 14.4 Å². The van der Waals surface area contributed by atoms with Gasteiger partial charge in [0.2, 0.25) is 5.91 Å². The quantitative estimate of drug-likeness (QED) is 0.626. The fraction of sp³-hybridized carbons (Fsp3) is 0.571. The van der Waals surface area contributed by atoms with Crippen molar-refractivity contribution in [1.82, 2.24) is 14.5 Å². The SMILES string of the molecule is CCCn1c(=O)c2ccccc2n([C@H](CC)C(=O)NCC[NH+]2CCOCC2)c1=O. The summed E-state index contributed by atoms with van der Waals surface area (Å²) in [6.45, 7) is 8.90. The Labute approximate surface area is 170 Å². The fourth-order valence-electron chi connectivity index (χ4n) is 3.93. The van der Waals surface area contributed by atoms with Crippen LogP contribution in [0.3, 0.4) is 0 Å². The van der Waals surface area contributed by atoms with E-state index in [0.29, 0.717) is 36.8 Å². The molecule has 0 unspecified atom stereocenters. The molecule has 1 aliphatic rings. The Morgan fingerprint density at radius 3 is 2.62 bits per heavy atom. The molecular formula is C21H31N4O4+. The highest BCUT2D eigenvalue weighted by molar-refractivity contribution is 5.84. The van der Waals surface area contributed by atoms with Gasteiger partial charge in [-0.2, -0.15) is 0 Å². The average molecular weight is 404 g/mol. The van der Waals surface area contributed by atoms with E-state index < -0.39 is 11.7 Å². The second-order valence-corrected chi connectivity index (χ2v) is 7.45. The number of rotatable bonds is 8. The molecule has 8 heteroatoms. The van der Waals surface area contributed by atoms with Gasteiger partial charge in [0, 0.05) is 6.54 Å². The molecule has 0 saturated carbocycles. The molecule has 1 atom stereocenters. The molecule has 2 heterocycles. The predicted octanol–water partition coefficient (Wildman–Crippen LogP) is -0.444. The summed E-state index contributed by atoms with van der Waals surface area (Å²) in [6, 6.07) is 6.36. The van der Waals surface area contributed by atoms with Gasteiger partial charge in [0.25, 0.3) is 5.56 Å². The van der Waals surface area contributed by atoms with E-state index in [4.69, 9.17) is 4.74 Å². The molecule has 2 aromatic rings. The van der Waals surface area contributed by atoms with Gasteiger partial charge in [-0.15, -0.1) is 0 Å². The lowest BCUT2D eigenvalue weighted by Gasteiger charge is -2.25. The third kappa shape index (κ3) is 4.59. The van der Waals surface area contributed by atoms with E-state index in [2.05, 4.69) is 5.32 Å². The van der Waals surface area contributed by atoms with Crippen LogP contribution in [0.4, 0.5) is 0 Å². The number of carbonyl (C=O) groups is 1. The molecule has 29 heavy (non-hydrogen) atoms. The first-order valence-corrected chi connectivity index (χ1v) is 10.5. The second-order valence-electron chi connectivity index (χ2n) is 7.45. The van der Waals surface area contributed by atoms with Crippen molar-refractivity contribution in [2.45, 2.75) is 39.3 Å². The molecule has 0 bridgehead atoms. The minimum Gasteiger partial charge on any atom is -0.370 e. The van der Waals surface area contributed by atoms with Gasteiger partial charge < -0.3 is 15.0 Å². The van der Waals surface area contributed by atoms with Gasteiger partial charge in [-0.3, -0.25) is 18.7 Å². The maximum atomic E-state index is 13.1. The van der Waals surface area contributed by atoms with E-state index >= 15 is 0 Å². The van der Waals surface area contributed by atoms with Crippen LogP contribution in [0, 0.1) is 0 Å². The summed E-state index contributed by atoms with van der Waals surface area (Å²) in [6.07, 6.45) is 1.13.